The van der Waals surface area contributed by atoms with Crippen LogP contribution >= 0.6 is 0 Å². The molecule has 5 unspecified atom stereocenters. The molecule has 6 heteroatoms. The minimum absolute atomic E-state index is 0.0873. The fraction of sp³-hybridized carbons (Fsp3) is 0.917. The number of fused-ring (bicyclic) bond motifs is 2. The van der Waals surface area contributed by atoms with E-state index in [1.807, 2.05) is 0 Å². The second kappa shape index (κ2) is 11.8. The summed E-state index contributed by atoms with van der Waals surface area (Å²) in [5.74, 6) is 1.23. The van der Waals surface area contributed by atoms with Gasteiger partial charge in [0.2, 0.25) is 0 Å². The SMILES string of the molecule is CCC(CC(C)(C)C)([Xe][K])C(=O)OC12CC(C)CC(CC(C)(OCCCC=O)C1)C2. The molecule has 0 aliphatic heterocycles. The summed E-state index contributed by atoms with van der Waals surface area (Å²) in [4.78, 5) is 24.4. The number of carbonyl (C=O) groups is 2. The standard InChI is InChI=1S/C24H41O4Xe.K/c1-7-24(29,16-21(3,4)5)20(26)28-23-13-18(2)12-19(15-23)14-22(6,17-23)27-11-9-8-10-25;/h10,18-19H,7-9,11-17H2,1-6H3;. The first kappa shape index (κ1) is 28.5. The normalized spacial score (nSPS) is 33.7. The number of rotatable bonds is 10. The van der Waals surface area contributed by atoms with E-state index in [4.69, 9.17) is 9.47 Å². The zero-order valence-corrected chi connectivity index (χ0v) is 25.4. The van der Waals surface area contributed by atoms with E-state index in [2.05, 4.69) is 41.5 Å². The first-order chi connectivity index (χ1) is 13.9. The molecule has 0 aromatic carbocycles. The second-order valence-electron chi connectivity index (χ2n) is 11.4. The van der Waals surface area contributed by atoms with Gasteiger partial charge >= 0.3 is 226 Å². The molecule has 0 heterocycles. The molecule has 4 nitrogen and oxygen atoms in total. The predicted molar refractivity (Wildman–Crippen MR) is 117 cm³/mol. The van der Waals surface area contributed by atoms with E-state index in [0.717, 1.165) is 51.2 Å². The average Bonchev–Trinajstić information content (AvgIpc) is 2.61. The molecular formula is C24H41KO4Xe. The molecule has 2 aliphatic carbocycles. The minimum atomic E-state index is -0.377. The zero-order valence-electron chi connectivity index (χ0n) is 20.3. The van der Waals surface area contributed by atoms with Crippen LogP contribution in [0.3, 0.4) is 0 Å². The van der Waals surface area contributed by atoms with Crippen LogP contribution in [0.4, 0.5) is 0 Å². The number of ether oxygens (including phenoxy) is 2. The molecule has 2 bridgehead atoms. The van der Waals surface area contributed by atoms with E-state index in [9.17, 15) is 9.59 Å². The van der Waals surface area contributed by atoms with Crippen molar-refractivity contribution >= 4 is 44.9 Å². The van der Waals surface area contributed by atoms with Crippen LogP contribution in [0.5, 0.6) is 0 Å². The van der Waals surface area contributed by atoms with E-state index < -0.39 is 0 Å². The summed E-state index contributed by atoms with van der Waals surface area (Å²) in [5, 5.41) is 0. The Bertz CT molecular complexity index is 597. The van der Waals surface area contributed by atoms with Crippen molar-refractivity contribution in [1.82, 2.24) is 0 Å². The summed E-state index contributed by atoms with van der Waals surface area (Å²) in [6.07, 6.45) is 9.09. The van der Waals surface area contributed by atoms with Crippen LogP contribution in [0.25, 0.3) is 0 Å². The van der Waals surface area contributed by atoms with Crippen molar-refractivity contribution < 1.29 is 46.4 Å². The molecule has 0 spiro atoms. The fourth-order valence-corrected chi connectivity index (χ4v) is 14.2. The molecule has 0 N–H and O–H groups in total. The number of hydrogen-bond donors (Lipinski definition) is 0. The van der Waals surface area contributed by atoms with Crippen molar-refractivity contribution in [2.45, 2.75) is 110 Å². The Balaban J connectivity index is 2.22. The Kier molecular flexibility index (Phi) is 11.3. The topological polar surface area (TPSA) is 52.6 Å². The molecule has 2 saturated carbocycles. The first-order valence-electron chi connectivity index (χ1n) is 11.7. The van der Waals surface area contributed by atoms with Crippen LogP contribution in [0.15, 0.2) is 0 Å². The van der Waals surface area contributed by atoms with Crippen molar-refractivity contribution in [3.05, 3.63) is 0 Å². The third-order valence-electron chi connectivity index (χ3n) is 6.82. The van der Waals surface area contributed by atoms with Crippen LogP contribution in [0, 0.1) is 44.5 Å². The van der Waals surface area contributed by atoms with Gasteiger partial charge in [-0.05, 0) is 0 Å². The summed E-state index contributed by atoms with van der Waals surface area (Å²) in [6, 6.07) is 0. The third kappa shape index (κ3) is 7.93. The maximum absolute atomic E-state index is 13.7. The van der Waals surface area contributed by atoms with E-state index in [0.29, 0.717) is 57.5 Å². The molecule has 2 fully saturated rings. The van der Waals surface area contributed by atoms with Crippen LogP contribution in [-0.4, -0.2) is 62.7 Å². The monoisotopic (exact) mass is 564 g/mol. The van der Waals surface area contributed by atoms with Gasteiger partial charge in [-0.25, -0.2) is 0 Å². The molecule has 30 heavy (non-hydrogen) atoms. The summed E-state index contributed by atoms with van der Waals surface area (Å²) in [6.45, 7) is 14.0. The van der Waals surface area contributed by atoms with Gasteiger partial charge in [0, 0.05) is 0 Å². The van der Waals surface area contributed by atoms with Gasteiger partial charge in [0.05, 0.1) is 0 Å². The van der Waals surface area contributed by atoms with Gasteiger partial charge < -0.3 is 0 Å². The van der Waals surface area contributed by atoms with Gasteiger partial charge in [0.1, 0.15) is 0 Å². The third-order valence-corrected chi connectivity index (χ3v) is 17.3. The molecule has 0 aromatic heterocycles. The molecule has 2 rings (SSSR count). The van der Waals surface area contributed by atoms with Gasteiger partial charge in [0.25, 0.3) is 0 Å². The van der Waals surface area contributed by atoms with Crippen LogP contribution in [0.1, 0.15) is 99.3 Å². The van der Waals surface area contributed by atoms with Crippen molar-refractivity contribution in [3.63, 3.8) is 0 Å². The maximum atomic E-state index is 13.7. The molecule has 2 aliphatic rings. The molecule has 0 amide bonds. The summed E-state index contributed by atoms with van der Waals surface area (Å²) < 4.78 is 12.7. The summed E-state index contributed by atoms with van der Waals surface area (Å²) >= 11 is 0.795. The van der Waals surface area contributed by atoms with Crippen molar-refractivity contribution in [2.75, 3.05) is 6.61 Å². The number of esters is 1. The predicted octanol–water partition coefficient (Wildman–Crippen LogP) is 5.43. The van der Waals surface area contributed by atoms with Gasteiger partial charge in [-0.1, -0.05) is 0 Å². The zero-order chi connectivity index (χ0) is 22.6. The van der Waals surface area contributed by atoms with Crippen molar-refractivity contribution in [2.24, 2.45) is 17.3 Å². The van der Waals surface area contributed by atoms with Crippen LogP contribution in [0.2, 0.25) is -0.117 Å². The Morgan fingerprint density at radius 3 is 2.53 bits per heavy atom. The first-order valence-corrected chi connectivity index (χ1v) is 22.1. The summed E-state index contributed by atoms with van der Waals surface area (Å²) in [7, 11) is 0. The Morgan fingerprint density at radius 1 is 1.27 bits per heavy atom. The molecule has 0 aromatic rings. The molecule has 0 saturated heterocycles. The van der Waals surface area contributed by atoms with Gasteiger partial charge in [-0.15, -0.1) is 0 Å². The quantitative estimate of drug-likeness (QED) is 0.154. The number of hydrogen-bond acceptors (Lipinski definition) is 4. The van der Waals surface area contributed by atoms with Gasteiger partial charge in [-0.2, -0.15) is 0 Å². The average molecular weight is 564 g/mol. The second-order valence-corrected chi connectivity index (χ2v) is 18.0. The molecule has 170 valence electrons. The van der Waals surface area contributed by atoms with Crippen molar-refractivity contribution in [1.29, 1.82) is 0 Å². The van der Waals surface area contributed by atoms with E-state index >= 15 is 0 Å². The van der Waals surface area contributed by atoms with E-state index in [1.165, 1.54) is 6.42 Å². The summed E-state index contributed by atoms with van der Waals surface area (Å²) in [5.41, 5.74) is -0.509. The molecule has 5 atom stereocenters. The Labute approximate surface area is 221 Å². The van der Waals surface area contributed by atoms with E-state index in [1.54, 1.807) is 0 Å². The van der Waals surface area contributed by atoms with Gasteiger partial charge in [0.15, 0.2) is 0 Å². The number of carbonyl (C=O) groups excluding carboxylic acids is 2. The number of aldehydes is 1. The number of unbranched alkanes of at least 4 members (excludes halogenated alkanes) is 1. The van der Waals surface area contributed by atoms with Crippen LogP contribution in [-0.2, 0) is 19.1 Å². The Morgan fingerprint density at radius 2 is 1.97 bits per heavy atom. The fourth-order valence-electron chi connectivity index (χ4n) is 6.07. The van der Waals surface area contributed by atoms with Crippen LogP contribution < -0.4 is 0 Å². The molecule has 0 radical (unpaired) electrons. The van der Waals surface area contributed by atoms with Crippen molar-refractivity contribution in [3.8, 4) is 0 Å². The van der Waals surface area contributed by atoms with E-state index in [-0.39, 0.29) is 49.8 Å². The van der Waals surface area contributed by atoms with Gasteiger partial charge in [-0.3, -0.25) is 0 Å². The Hall–Kier alpha value is 2.31. The molecular weight excluding hydrogens is 523 g/mol.